The van der Waals surface area contributed by atoms with Gasteiger partial charge in [-0.25, -0.2) is 4.79 Å². The molecule has 3 rings (SSSR count). The molecule has 0 saturated heterocycles. The molecule has 20 heavy (non-hydrogen) atoms. The molecule has 4 nitrogen and oxygen atoms in total. The van der Waals surface area contributed by atoms with Gasteiger partial charge in [-0.3, -0.25) is 0 Å². The molecule has 0 amide bonds. The molecule has 0 spiro atoms. The van der Waals surface area contributed by atoms with Gasteiger partial charge in [0.25, 0.3) is 0 Å². The lowest BCUT2D eigenvalue weighted by Crippen LogP contribution is -2.23. The molecule has 1 saturated carbocycles. The first-order valence-corrected chi connectivity index (χ1v) is 7.28. The maximum absolute atomic E-state index is 12.1. The minimum absolute atomic E-state index is 0.241. The van der Waals surface area contributed by atoms with Crippen molar-refractivity contribution in [2.45, 2.75) is 32.4 Å². The number of ether oxygens (including phenoxy) is 1. The van der Waals surface area contributed by atoms with Crippen molar-refractivity contribution in [3.05, 3.63) is 36.0 Å². The average molecular weight is 272 g/mol. The topological polar surface area (TPSA) is 43.3 Å². The highest BCUT2D eigenvalue weighted by molar-refractivity contribution is 5.95. The second-order valence-corrected chi connectivity index (χ2v) is 5.19. The first-order chi connectivity index (χ1) is 9.79. The molecule has 0 aliphatic heterocycles. The molecule has 0 bridgehead atoms. The number of fused-ring (bicyclic) bond motifs is 1. The minimum atomic E-state index is -0.241. The summed E-state index contributed by atoms with van der Waals surface area (Å²) in [5, 5.41) is 4.57. The third-order valence-electron chi connectivity index (χ3n) is 3.64. The van der Waals surface area contributed by atoms with Crippen molar-refractivity contribution < 1.29 is 9.53 Å². The summed E-state index contributed by atoms with van der Waals surface area (Å²) in [4.78, 5) is 12.1. The Kier molecular flexibility index (Phi) is 3.74. The highest BCUT2D eigenvalue weighted by atomic mass is 16.5. The van der Waals surface area contributed by atoms with Crippen LogP contribution in [-0.2, 0) is 11.3 Å². The fraction of sp³-hybridized carbons (Fsp3) is 0.438. The average Bonchev–Trinajstić information content (AvgIpc) is 3.20. The van der Waals surface area contributed by atoms with Crippen LogP contribution in [0.15, 0.2) is 30.3 Å². The second-order valence-electron chi connectivity index (χ2n) is 5.19. The van der Waals surface area contributed by atoms with E-state index in [4.69, 9.17) is 4.74 Å². The van der Waals surface area contributed by atoms with Crippen LogP contribution in [0.4, 0.5) is 0 Å². The van der Waals surface area contributed by atoms with Crippen LogP contribution in [0.2, 0.25) is 0 Å². The highest BCUT2D eigenvalue weighted by Crippen LogP contribution is 2.21. The number of nitrogens with zero attached hydrogens (tertiary/aromatic N) is 1. The van der Waals surface area contributed by atoms with E-state index in [-0.39, 0.29) is 5.97 Å². The number of hydrogen-bond acceptors (Lipinski definition) is 3. The minimum Gasteiger partial charge on any atom is -0.461 e. The van der Waals surface area contributed by atoms with Gasteiger partial charge in [0.2, 0.25) is 0 Å². The molecule has 2 aromatic rings. The van der Waals surface area contributed by atoms with E-state index in [1.165, 1.54) is 12.8 Å². The lowest BCUT2D eigenvalue weighted by atomic mass is 10.2. The lowest BCUT2D eigenvalue weighted by molar-refractivity contribution is 0.0514. The summed E-state index contributed by atoms with van der Waals surface area (Å²) in [5.41, 5.74) is 1.73. The predicted octanol–water partition coefficient (Wildman–Crippen LogP) is 2.57. The molecule has 4 heteroatoms. The Bertz CT molecular complexity index is 614. The van der Waals surface area contributed by atoms with Gasteiger partial charge in [-0.2, -0.15) is 0 Å². The number of rotatable bonds is 6. The SMILES string of the molecule is CCOC(=O)c1cc2ccccc2n1CCNC1CC1. The summed E-state index contributed by atoms with van der Waals surface area (Å²) in [6.45, 7) is 3.91. The van der Waals surface area contributed by atoms with E-state index >= 15 is 0 Å². The number of carbonyl (C=O) groups is 1. The zero-order valence-corrected chi connectivity index (χ0v) is 11.8. The third-order valence-corrected chi connectivity index (χ3v) is 3.64. The number of benzene rings is 1. The van der Waals surface area contributed by atoms with Crippen LogP contribution in [0.5, 0.6) is 0 Å². The zero-order chi connectivity index (χ0) is 13.9. The maximum atomic E-state index is 12.1. The van der Waals surface area contributed by atoms with Crippen molar-refractivity contribution in [3.8, 4) is 0 Å². The van der Waals surface area contributed by atoms with Crippen LogP contribution in [0.3, 0.4) is 0 Å². The molecule has 1 aromatic carbocycles. The number of para-hydroxylation sites is 1. The molecule has 0 unspecified atom stereocenters. The van der Waals surface area contributed by atoms with E-state index in [1.807, 2.05) is 31.2 Å². The number of carbonyl (C=O) groups excluding carboxylic acids is 1. The molecule has 1 heterocycles. The van der Waals surface area contributed by atoms with Crippen LogP contribution in [-0.4, -0.2) is 29.7 Å². The largest absolute Gasteiger partial charge is 0.461 e. The maximum Gasteiger partial charge on any atom is 0.354 e. The molecule has 1 fully saturated rings. The smallest absolute Gasteiger partial charge is 0.354 e. The summed E-state index contributed by atoms with van der Waals surface area (Å²) in [7, 11) is 0. The van der Waals surface area contributed by atoms with Gasteiger partial charge in [0.1, 0.15) is 5.69 Å². The quantitative estimate of drug-likeness (QED) is 0.822. The van der Waals surface area contributed by atoms with Crippen molar-refractivity contribution in [2.75, 3.05) is 13.2 Å². The molecule has 1 aliphatic carbocycles. The summed E-state index contributed by atoms with van der Waals surface area (Å²) < 4.78 is 7.22. The Balaban J connectivity index is 1.87. The Morgan fingerprint density at radius 2 is 2.20 bits per heavy atom. The molecule has 1 aliphatic rings. The van der Waals surface area contributed by atoms with Crippen LogP contribution < -0.4 is 5.32 Å². The normalized spacial score (nSPS) is 14.7. The number of nitrogens with one attached hydrogen (secondary N) is 1. The molecular formula is C16H20N2O2. The van der Waals surface area contributed by atoms with Gasteiger partial charge in [0.05, 0.1) is 6.61 Å². The zero-order valence-electron chi connectivity index (χ0n) is 11.8. The van der Waals surface area contributed by atoms with Crippen LogP contribution in [0, 0.1) is 0 Å². The van der Waals surface area contributed by atoms with Crippen LogP contribution >= 0.6 is 0 Å². The second kappa shape index (κ2) is 5.67. The molecule has 0 atom stereocenters. The van der Waals surface area contributed by atoms with Gasteiger partial charge >= 0.3 is 5.97 Å². The van der Waals surface area contributed by atoms with Crippen molar-refractivity contribution in [1.29, 1.82) is 0 Å². The van der Waals surface area contributed by atoms with Crippen LogP contribution in [0.1, 0.15) is 30.3 Å². The third kappa shape index (κ3) is 2.70. The van der Waals surface area contributed by atoms with Gasteiger partial charge < -0.3 is 14.6 Å². The number of esters is 1. The lowest BCUT2D eigenvalue weighted by Gasteiger charge is -2.10. The van der Waals surface area contributed by atoms with Crippen molar-refractivity contribution in [1.82, 2.24) is 9.88 Å². The van der Waals surface area contributed by atoms with Crippen LogP contribution in [0.25, 0.3) is 10.9 Å². The Morgan fingerprint density at radius 3 is 2.95 bits per heavy atom. The summed E-state index contributed by atoms with van der Waals surface area (Å²) in [5.74, 6) is -0.241. The standard InChI is InChI=1S/C16H20N2O2/c1-2-20-16(19)15-11-12-5-3-4-6-14(12)18(15)10-9-17-13-7-8-13/h3-6,11,13,17H,2,7-10H2,1H3. The van der Waals surface area contributed by atoms with Gasteiger partial charge in [-0.05, 0) is 31.9 Å². The molecule has 1 N–H and O–H groups in total. The monoisotopic (exact) mass is 272 g/mol. The number of hydrogen-bond donors (Lipinski definition) is 1. The fourth-order valence-corrected chi connectivity index (χ4v) is 2.49. The first kappa shape index (κ1) is 13.2. The fourth-order valence-electron chi connectivity index (χ4n) is 2.49. The Hall–Kier alpha value is -1.81. The Labute approximate surface area is 118 Å². The molecule has 1 aromatic heterocycles. The van der Waals surface area contributed by atoms with Gasteiger partial charge in [-0.15, -0.1) is 0 Å². The van der Waals surface area contributed by atoms with E-state index in [9.17, 15) is 4.79 Å². The highest BCUT2D eigenvalue weighted by Gasteiger charge is 2.21. The summed E-state index contributed by atoms with van der Waals surface area (Å²) in [6.07, 6.45) is 2.55. The summed E-state index contributed by atoms with van der Waals surface area (Å²) in [6, 6.07) is 10.7. The van der Waals surface area contributed by atoms with E-state index in [2.05, 4.69) is 16.0 Å². The van der Waals surface area contributed by atoms with Gasteiger partial charge in [0, 0.05) is 30.0 Å². The van der Waals surface area contributed by atoms with E-state index in [0.29, 0.717) is 18.3 Å². The van der Waals surface area contributed by atoms with Gasteiger partial charge in [-0.1, -0.05) is 18.2 Å². The van der Waals surface area contributed by atoms with Gasteiger partial charge in [0.15, 0.2) is 0 Å². The first-order valence-electron chi connectivity index (χ1n) is 7.28. The molecular weight excluding hydrogens is 252 g/mol. The predicted molar refractivity (Wildman–Crippen MR) is 78.9 cm³/mol. The van der Waals surface area contributed by atoms with Crippen molar-refractivity contribution in [2.24, 2.45) is 0 Å². The molecule has 106 valence electrons. The van der Waals surface area contributed by atoms with Crippen molar-refractivity contribution in [3.63, 3.8) is 0 Å². The van der Waals surface area contributed by atoms with Crippen molar-refractivity contribution >= 4 is 16.9 Å². The summed E-state index contributed by atoms with van der Waals surface area (Å²) >= 11 is 0. The number of aromatic nitrogens is 1. The van der Waals surface area contributed by atoms with E-state index < -0.39 is 0 Å². The van der Waals surface area contributed by atoms with E-state index in [0.717, 1.165) is 24.0 Å². The molecule has 0 radical (unpaired) electrons. The Morgan fingerprint density at radius 1 is 1.40 bits per heavy atom. The van der Waals surface area contributed by atoms with E-state index in [1.54, 1.807) is 0 Å².